The van der Waals surface area contributed by atoms with Crippen molar-refractivity contribution in [3.05, 3.63) is 35.6 Å². The van der Waals surface area contributed by atoms with Gasteiger partial charge in [-0.2, -0.15) is 11.8 Å². The number of carbonyl (C=O) groups is 1. The molecular weight excluding hydrogens is 265 g/mol. The molecular formula is C14H20FNO2S. The quantitative estimate of drug-likeness (QED) is 0.842. The van der Waals surface area contributed by atoms with Gasteiger partial charge in [0.1, 0.15) is 11.4 Å². The molecule has 0 fully saturated rings. The lowest BCUT2D eigenvalue weighted by Gasteiger charge is -2.25. The minimum absolute atomic E-state index is 0.0864. The van der Waals surface area contributed by atoms with Crippen LogP contribution < -0.4 is 5.32 Å². The fraction of sp³-hybridized carbons (Fsp3) is 0.500. The van der Waals surface area contributed by atoms with Gasteiger partial charge in [0, 0.05) is 11.7 Å². The summed E-state index contributed by atoms with van der Waals surface area (Å²) in [5.41, 5.74) is -0.630. The van der Waals surface area contributed by atoms with Gasteiger partial charge < -0.3 is 10.4 Å². The van der Waals surface area contributed by atoms with E-state index < -0.39 is 5.60 Å². The van der Waals surface area contributed by atoms with Crippen molar-refractivity contribution in [1.82, 2.24) is 5.32 Å². The molecule has 1 aromatic carbocycles. The number of nitrogens with one attached hydrogen (secondary N) is 1. The molecule has 0 aliphatic carbocycles. The number of rotatable bonds is 6. The molecule has 0 saturated carbocycles. The summed E-state index contributed by atoms with van der Waals surface area (Å²) >= 11 is 1.60. The molecule has 2 N–H and O–H groups in total. The van der Waals surface area contributed by atoms with Crippen molar-refractivity contribution in [1.29, 1.82) is 0 Å². The molecule has 5 heteroatoms. The van der Waals surface area contributed by atoms with Gasteiger partial charge in [-0.25, -0.2) is 4.39 Å². The third kappa shape index (κ3) is 4.84. The van der Waals surface area contributed by atoms with Gasteiger partial charge in [0.2, 0.25) is 5.91 Å². The molecule has 1 rings (SSSR count). The number of carbonyl (C=O) groups excluding carboxylic acids is 1. The molecule has 0 radical (unpaired) electrons. The number of aliphatic hydroxyl groups is 1. The van der Waals surface area contributed by atoms with Crippen molar-refractivity contribution >= 4 is 17.7 Å². The smallest absolute Gasteiger partial charge is 0.223 e. The highest BCUT2D eigenvalue weighted by Crippen LogP contribution is 2.20. The van der Waals surface area contributed by atoms with Gasteiger partial charge >= 0.3 is 0 Å². The van der Waals surface area contributed by atoms with Crippen LogP contribution in [0.2, 0.25) is 0 Å². The lowest BCUT2D eigenvalue weighted by Crippen LogP contribution is -2.41. The number of halogens is 1. The average Bonchev–Trinajstić information content (AvgIpc) is 2.37. The highest BCUT2D eigenvalue weighted by molar-refractivity contribution is 7.98. The number of hydrogen-bond acceptors (Lipinski definition) is 3. The Morgan fingerprint density at radius 3 is 2.58 bits per heavy atom. The Morgan fingerprint density at radius 2 is 2.05 bits per heavy atom. The van der Waals surface area contributed by atoms with E-state index in [-0.39, 0.29) is 24.2 Å². The second-order valence-corrected chi connectivity index (χ2v) is 5.77. The molecule has 3 nitrogen and oxygen atoms in total. The molecule has 19 heavy (non-hydrogen) atoms. The maximum atomic E-state index is 12.8. The number of thioether (sulfide) groups is 1. The highest BCUT2D eigenvalue weighted by atomic mass is 32.2. The van der Waals surface area contributed by atoms with Crippen molar-refractivity contribution in [3.63, 3.8) is 0 Å². The highest BCUT2D eigenvalue weighted by Gasteiger charge is 2.24. The van der Waals surface area contributed by atoms with E-state index in [0.29, 0.717) is 5.56 Å². The van der Waals surface area contributed by atoms with Crippen molar-refractivity contribution in [2.75, 3.05) is 18.6 Å². The summed E-state index contributed by atoms with van der Waals surface area (Å²) < 4.78 is 12.8. The van der Waals surface area contributed by atoms with Crippen LogP contribution in [-0.4, -0.2) is 29.6 Å². The third-order valence-electron chi connectivity index (χ3n) is 2.94. The minimum atomic E-state index is -1.21. The van der Waals surface area contributed by atoms with E-state index in [1.807, 2.05) is 13.2 Å². The summed E-state index contributed by atoms with van der Waals surface area (Å²) in [5, 5.41) is 13.0. The molecule has 0 aliphatic rings. The van der Waals surface area contributed by atoms with Gasteiger partial charge in [0.15, 0.2) is 0 Å². The first kappa shape index (κ1) is 16.0. The zero-order valence-electron chi connectivity index (χ0n) is 11.4. The molecule has 1 amide bonds. The molecule has 106 valence electrons. The molecule has 0 spiro atoms. The predicted octanol–water partition coefficient (Wildman–Crippen LogP) is 2.15. The summed E-state index contributed by atoms with van der Waals surface area (Å²) in [4.78, 5) is 11.8. The van der Waals surface area contributed by atoms with Crippen LogP contribution in [0.5, 0.6) is 0 Å². The van der Waals surface area contributed by atoms with Crippen LogP contribution in [0.15, 0.2) is 24.3 Å². The van der Waals surface area contributed by atoms with Gasteiger partial charge in [-0.05, 0) is 30.9 Å². The Morgan fingerprint density at radius 1 is 1.47 bits per heavy atom. The van der Waals surface area contributed by atoms with Gasteiger partial charge in [0.05, 0.1) is 6.54 Å². The first-order valence-electron chi connectivity index (χ1n) is 6.12. The van der Waals surface area contributed by atoms with Gasteiger partial charge in [0.25, 0.3) is 0 Å². The van der Waals surface area contributed by atoms with E-state index in [9.17, 15) is 14.3 Å². The van der Waals surface area contributed by atoms with E-state index in [1.165, 1.54) is 24.3 Å². The largest absolute Gasteiger partial charge is 0.384 e. The van der Waals surface area contributed by atoms with Crippen molar-refractivity contribution in [2.24, 2.45) is 5.92 Å². The Balaban J connectivity index is 2.60. The predicted molar refractivity (Wildman–Crippen MR) is 76.5 cm³/mol. The van der Waals surface area contributed by atoms with E-state index >= 15 is 0 Å². The molecule has 1 aromatic rings. The Labute approximate surface area is 117 Å². The van der Waals surface area contributed by atoms with Gasteiger partial charge in [-0.3, -0.25) is 4.79 Å². The van der Waals surface area contributed by atoms with Gasteiger partial charge in [-0.15, -0.1) is 0 Å². The minimum Gasteiger partial charge on any atom is -0.384 e. The van der Waals surface area contributed by atoms with Crippen LogP contribution in [0, 0.1) is 11.7 Å². The second-order valence-electron chi connectivity index (χ2n) is 4.85. The van der Waals surface area contributed by atoms with E-state index in [2.05, 4.69) is 5.32 Å². The third-order valence-corrected chi connectivity index (χ3v) is 3.77. The molecule has 0 aliphatic heterocycles. The molecule has 0 heterocycles. The SMILES string of the molecule is CSCC(C)C(=O)NCC(C)(O)c1ccc(F)cc1. The summed E-state index contributed by atoms with van der Waals surface area (Å²) in [7, 11) is 0. The Kier molecular flexibility index (Phi) is 5.82. The molecule has 0 aromatic heterocycles. The molecule has 2 atom stereocenters. The van der Waals surface area contributed by atoms with Crippen molar-refractivity contribution in [3.8, 4) is 0 Å². The van der Waals surface area contributed by atoms with Crippen LogP contribution >= 0.6 is 11.8 Å². The van der Waals surface area contributed by atoms with Crippen LogP contribution in [-0.2, 0) is 10.4 Å². The molecule has 0 saturated heterocycles. The summed E-state index contributed by atoms with van der Waals surface area (Å²) in [5.74, 6) is 0.206. The van der Waals surface area contributed by atoms with Crippen molar-refractivity contribution in [2.45, 2.75) is 19.4 Å². The van der Waals surface area contributed by atoms with E-state index in [1.54, 1.807) is 18.7 Å². The second kappa shape index (κ2) is 6.91. The summed E-state index contributed by atoms with van der Waals surface area (Å²) in [6, 6.07) is 5.63. The molecule has 0 bridgehead atoms. The number of benzene rings is 1. The van der Waals surface area contributed by atoms with Crippen molar-refractivity contribution < 1.29 is 14.3 Å². The Bertz CT molecular complexity index is 420. The van der Waals surface area contributed by atoms with E-state index in [0.717, 1.165) is 5.75 Å². The lowest BCUT2D eigenvalue weighted by molar-refractivity contribution is -0.125. The molecule has 2 unspecified atom stereocenters. The number of amides is 1. The normalized spacial score (nSPS) is 15.6. The summed E-state index contributed by atoms with van der Waals surface area (Å²) in [6.45, 7) is 3.55. The lowest BCUT2D eigenvalue weighted by atomic mass is 9.96. The maximum absolute atomic E-state index is 12.8. The van der Waals surface area contributed by atoms with Crippen LogP contribution in [0.4, 0.5) is 4.39 Å². The standard InChI is InChI=1S/C14H20FNO2S/c1-10(8-19-3)13(17)16-9-14(2,18)11-4-6-12(15)7-5-11/h4-7,10,18H,8-9H2,1-3H3,(H,16,17). The zero-order chi connectivity index (χ0) is 14.5. The monoisotopic (exact) mass is 285 g/mol. The van der Waals surface area contributed by atoms with Crippen LogP contribution in [0.1, 0.15) is 19.4 Å². The first-order valence-corrected chi connectivity index (χ1v) is 7.51. The van der Waals surface area contributed by atoms with E-state index in [4.69, 9.17) is 0 Å². The fourth-order valence-electron chi connectivity index (χ4n) is 1.67. The Hall–Kier alpha value is -1.07. The van der Waals surface area contributed by atoms with Crippen LogP contribution in [0.25, 0.3) is 0 Å². The van der Waals surface area contributed by atoms with Crippen LogP contribution in [0.3, 0.4) is 0 Å². The zero-order valence-corrected chi connectivity index (χ0v) is 12.3. The van der Waals surface area contributed by atoms with Gasteiger partial charge in [-0.1, -0.05) is 19.1 Å². The average molecular weight is 285 g/mol. The topological polar surface area (TPSA) is 49.3 Å². The number of hydrogen-bond donors (Lipinski definition) is 2. The fourth-order valence-corrected chi connectivity index (χ4v) is 2.32. The summed E-state index contributed by atoms with van der Waals surface area (Å²) in [6.07, 6.45) is 1.94. The maximum Gasteiger partial charge on any atom is 0.223 e. The first-order chi connectivity index (χ1) is 8.86.